The SMILES string of the molecule is COC(=O)[C@H](CCC(N)=O)NC(=O)[C@@H]1CCC(=O)N1. The van der Waals surface area contributed by atoms with Crippen LogP contribution in [0.25, 0.3) is 0 Å². The summed E-state index contributed by atoms with van der Waals surface area (Å²) in [7, 11) is 1.18. The lowest BCUT2D eigenvalue weighted by Crippen LogP contribution is -2.49. The number of nitrogens with one attached hydrogen (secondary N) is 2. The van der Waals surface area contributed by atoms with E-state index in [1.54, 1.807) is 0 Å². The zero-order valence-corrected chi connectivity index (χ0v) is 10.6. The van der Waals surface area contributed by atoms with Crippen LogP contribution in [0.1, 0.15) is 25.7 Å². The maximum atomic E-state index is 11.8. The first-order chi connectivity index (χ1) is 8.93. The molecule has 2 atom stereocenters. The minimum Gasteiger partial charge on any atom is -0.467 e. The molecule has 8 nitrogen and oxygen atoms in total. The maximum Gasteiger partial charge on any atom is 0.328 e. The molecule has 0 aliphatic carbocycles. The first kappa shape index (κ1) is 14.9. The van der Waals surface area contributed by atoms with Gasteiger partial charge >= 0.3 is 5.97 Å². The molecule has 0 bridgehead atoms. The number of rotatable bonds is 6. The number of ether oxygens (including phenoxy) is 1. The molecule has 1 heterocycles. The first-order valence-electron chi connectivity index (χ1n) is 5.90. The van der Waals surface area contributed by atoms with Crippen molar-refractivity contribution in [3.63, 3.8) is 0 Å². The normalized spacial score (nSPS) is 19.4. The summed E-state index contributed by atoms with van der Waals surface area (Å²) in [6, 6.07) is -1.59. The molecule has 106 valence electrons. The molecule has 0 aromatic carbocycles. The van der Waals surface area contributed by atoms with Gasteiger partial charge in [-0.1, -0.05) is 0 Å². The van der Waals surface area contributed by atoms with E-state index < -0.39 is 29.9 Å². The van der Waals surface area contributed by atoms with Gasteiger partial charge in [0, 0.05) is 12.8 Å². The van der Waals surface area contributed by atoms with Crippen molar-refractivity contribution in [3.05, 3.63) is 0 Å². The smallest absolute Gasteiger partial charge is 0.328 e. The topological polar surface area (TPSA) is 128 Å². The van der Waals surface area contributed by atoms with Crippen LogP contribution in [0.3, 0.4) is 0 Å². The lowest BCUT2D eigenvalue weighted by molar-refractivity contribution is -0.145. The quantitative estimate of drug-likeness (QED) is 0.490. The van der Waals surface area contributed by atoms with Crippen LogP contribution < -0.4 is 16.4 Å². The van der Waals surface area contributed by atoms with Crippen LogP contribution in [-0.2, 0) is 23.9 Å². The predicted octanol–water partition coefficient (Wildman–Crippen LogP) is -1.81. The van der Waals surface area contributed by atoms with Gasteiger partial charge in [0.05, 0.1) is 7.11 Å². The van der Waals surface area contributed by atoms with Crippen molar-refractivity contribution in [1.29, 1.82) is 0 Å². The highest BCUT2D eigenvalue weighted by Gasteiger charge is 2.30. The molecule has 0 radical (unpaired) electrons. The lowest BCUT2D eigenvalue weighted by Gasteiger charge is -2.18. The van der Waals surface area contributed by atoms with Crippen molar-refractivity contribution >= 4 is 23.7 Å². The number of nitrogens with two attached hydrogens (primary N) is 1. The summed E-state index contributed by atoms with van der Waals surface area (Å²) in [4.78, 5) is 45.0. The highest BCUT2D eigenvalue weighted by atomic mass is 16.5. The summed E-state index contributed by atoms with van der Waals surface area (Å²) < 4.78 is 4.54. The van der Waals surface area contributed by atoms with Gasteiger partial charge in [-0.25, -0.2) is 4.79 Å². The third-order valence-electron chi connectivity index (χ3n) is 2.79. The zero-order chi connectivity index (χ0) is 14.4. The number of hydrogen-bond acceptors (Lipinski definition) is 5. The fourth-order valence-electron chi connectivity index (χ4n) is 1.76. The van der Waals surface area contributed by atoms with Crippen LogP contribution in [0.2, 0.25) is 0 Å². The molecular formula is C11H17N3O5. The lowest BCUT2D eigenvalue weighted by atomic mass is 10.1. The molecule has 4 N–H and O–H groups in total. The highest BCUT2D eigenvalue weighted by Crippen LogP contribution is 2.08. The Hall–Kier alpha value is -2.12. The van der Waals surface area contributed by atoms with Gasteiger partial charge in [-0.3, -0.25) is 14.4 Å². The van der Waals surface area contributed by atoms with Crippen LogP contribution in [0.15, 0.2) is 0 Å². The Balaban J connectivity index is 2.55. The van der Waals surface area contributed by atoms with Crippen molar-refractivity contribution < 1.29 is 23.9 Å². The van der Waals surface area contributed by atoms with Crippen molar-refractivity contribution in [2.45, 2.75) is 37.8 Å². The van der Waals surface area contributed by atoms with Crippen LogP contribution in [0, 0.1) is 0 Å². The van der Waals surface area contributed by atoms with Gasteiger partial charge in [-0.05, 0) is 12.8 Å². The van der Waals surface area contributed by atoms with Gasteiger partial charge in [-0.15, -0.1) is 0 Å². The number of esters is 1. The highest BCUT2D eigenvalue weighted by molar-refractivity contribution is 5.93. The average molecular weight is 271 g/mol. The molecular weight excluding hydrogens is 254 g/mol. The van der Waals surface area contributed by atoms with Gasteiger partial charge in [0.2, 0.25) is 17.7 Å². The van der Waals surface area contributed by atoms with E-state index in [4.69, 9.17) is 5.73 Å². The molecule has 1 saturated heterocycles. The van der Waals surface area contributed by atoms with Crippen LogP contribution in [0.4, 0.5) is 0 Å². The number of amides is 3. The van der Waals surface area contributed by atoms with Crippen molar-refractivity contribution in [3.8, 4) is 0 Å². The van der Waals surface area contributed by atoms with Crippen LogP contribution >= 0.6 is 0 Å². The zero-order valence-electron chi connectivity index (χ0n) is 10.6. The molecule has 1 fully saturated rings. The molecule has 19 heavy (non-hydrogen) atoms. The van der Waals surface area contributed by atoms with E-state index in [9.17, 15) is 19.2 Å². The van der Waals surface area contributed by atoms with E-state index in [-0.39, 0.29) is 25.2 Å². The minimum absolute atomic E-state index is 0.0446. The standard InChI is InChI=1S/C11H17N3O5/c1-19-11(18)7(2-4-8(12)15)14-10(17)6-3-5-9(16)13-6/h6-7H,2-5H2,1H3,(H2,12,15)(H,13,16)(H,14,17)/t6-,7-/m0/s1. The Kier molecular flexibility index (Phi) is 5.28. The molecule has 8 heteroatoms. The molecule has 1 aliphatic heterocycles. The van der Waals surface area contributed by atoms with Gasteiger partial charge in [0.1, 0.15) is 12.1 Å². The Labute approximate surface area is 110 Å². The summed E-state index contributed by atoms with van der Waals surface area (Å²) in [5.41, 5.74) is 4.99. The van der Waals surface area contributed by atoms with Crippen LogP contribution in [0.5, 0.6) is 0 Å². The molecule has 0 aromatic rings. The molecule has 0 aromatic heterocycles. The van der Waals surface area contributed by atoms with E-state index in [0.717, 1.165) is 0 Å². The second-order valence-electron chi connectivity index (χ2n) is 4.25. The predicted molar refractivity (Wildman–Crippen MR) is 63.5 cm³/mol. The maximum absolute atomic E-state index is 11.8. The first-order valence-corrected chi connectivity index (χ1v) is 5.90. The summed E-state index contributed by atoms with van der Waals surface area (Å²) in [6.07, 6.45) is 0.683. The molecule has 0 spiro atoms. The number of carbonyl (C=O) groups is 4. The monoisotopic (exact) mass is 271 g/mol. The minimum atomic E-state index is -0.942. The van der Waals surface area contributed by atoms with Crippen molar-refractivity contribution in [2.24, 2.45) is 5.73 Å². The summed E-state index contributed by atoms with van der Waals surface area (Å²) >= 11 is 0. The Morgan fingerprint density at radius 1 is 1.53 bits per heavy atom. The number of carbonyl (C=O) groups excluding carboxylic acids is 4. The Morgan fingerprint density at radius 3 is 2.68 bits per heavy atom. The third-order valence-corrected chi connectivity index (χ3v) is 2.79. The second kappa shape index (κ2) is 6.72. The molecule has 0 saturated carbocycles. The summed E-state index contributed by atoms with van der Waals surface area (Å²) in [6.45, 7) is 0. The molecule has 1 aliphatic rings. The van der Waals surface area contributed by atoms with Gasteiger partial charge in [0.25, 0.3) is 0 Å². The fraction of sp³-hybridized carbons (Fsp3) is 0.636. The van der Waals surface area contributed by atoms with E-state index in [2.05, 4.69) is 15.4 Å². The average Bonchev–Trinajstić information content (AvgIpc) is 2.79. The number of hydrogen-bond donors (Lipinski definition) is 3. The van der Waals surface area contributed by atoms with E-state index in [1.807, 2.05) is 0 Å². The fourth-order valence-corrected chi connectivity index (χ4v) is 1.76. The number of methoxy groups -OCH3 is 1. The molecule has 0 unspecified atom stereocenters. The van der Waals surface area contributed by atoms with Gasteiger partial charge in [-0.2, -0.15) is 0 Å². The van der Waals surface area contributed by atoms with E-state index >= 15 is 0 Å². The molecule has 3 amide bonds. The van der Waals surface area contributed by atoms with Gasteiger partial charge < -0.3 is 21.1 Å². The number of primary amides is 1. The molecule has 1 rings (SSSR count). The summed E-state index contributed by atoms with van der Waals surface area (Å²) in [5.74, 6) is -1.89. The van der Waals surface area contributed by atoms with E-state index in [0.29, 0.717) is 6.42 Å². The van der Waals surface area contributed by atoms with Crippen LogP contribution in [-0.4, -0.2) is 42.9 Å². The second-order valence-corrected chi connectivity index (χ2v) is 4.25. The van der Waals surface area contributed by atoms with Gasteiger partial charge in [0.15, 0.2) is 0 Å². The summed E-state index contributed by atoms with van der Waals surface area (Å²) in [5, 5.41) is 4.94. The largest absolute Gasteiger partial charge is 0.467 e. The Morgan fingerprint density at radius 2 is 2.21 bits per heavy atom. The van der Waals surface area contributed by atoms with Crippen molar-refractivity contribution in [1.82, 2.24) is 10.6 Å². The van der Waals surface area contributed by atoms with E-state index in [1.165, 1.54) is 7.11 Å². The third kappa shape index (κ3) is 4.57. The Bertz CT molecular complexity index is 396. The van der Waals surface area contributed by atoms with Crippen molar-refractivity contribution in [2.75, 3.05) is 7.11 Å².